The fraction of sp³-hybridized carbons (Fsp3) is 0.250. The standard InChI is InChI=1S/C20H19N3O4/c1-26-17-10-9-14(12-16(17)24)20(25)23-11-5-8-15(23)19-21-18(22-27-19)13-6-3-2-4-7-13/h2-4,6-7,9-10,12,15,24H,5,8,11H2,1H3/t15-/m1/s1. The Bertz CT molecular complexity index is 955. The molecule has 3 aromatic rings. The van der Waals surface area contributed by atoms with E-state index in [0.717, 1.165) is 18.4 Å². The lowest BCUT2D eigenvalue weighted by Crippen LogP contribution is -2.30. The number of carbonyl (C=O) groups is 1. The van der Waals surface area contributed by atoms with Crippen molar-refractivity contribution in [1.29, 1.82) is 0 Å². The predicted octanol–water partition coefficient (Wildman–Crippen LogP) is 3.43. The first-order valence-corrected chi connectivity index (χ1v) is 8.74. The first-order chi connectivity index (χ1) is 13.2. The Balaban J connectivity index is 1.58. The molecule has 1 atom stereocenters. The van der Waals surface area contributed by atoms with E-state index in [1.807, 2.05) is 30.3 Å². The molecule has 0 aliphatic carbocycles. The quantitative estimate of drug-likeness (QED) is 0.762. The van der Waals surface area contributed by atoms with E-state index in [4.69, 9.17) is 9.26 Å². The number of phenols is 1. The summed E-state index contributed by atoms with van der Waals surface area (Å²) in [6.07, 6.45) is 1.60. The van der Waals surface area contributed by atoms with Crippen LogP contribution in [0.2, 0.25) is 0 Å². The number of methoxy groups -OCH3 is 1. The van der Waals surface area contributed by atoms with Crippen LogP contribution in [0.15, 0.2) is 53.1 Å². The second-order valence-electron chi connectivity index (χ2n) is 6.37. The number of aromatic nitrogens is 2. The van der Waals surface area contributed by atoms with Gasteiger partial charge in [0.15, 0.2) is 11.5 Å². The maximum atomic E-state index is 12.9. The van der Waals surface area contributed by atoms with Crippen LogP contribution in [0.1, 0.15) is 35.1 Å². The summed E-state index contributed by atoms with van der Waals surface area (Å²) in [6, 6.07) is 13.9. The van der Waals surface area contributed by atoms with Crippen molar-refractivity contribution in [3.8, 4) is 22.9 Å². The average Bonchev–Trinajstić information content (AvgIpc) is 3.37. The molecule has 1 N–H and O–H groups in total. The number of hydrogen-bond acceptors (Lipinski definition) is 6. The van der Waals surface area contributed by atoms with Crippen LogP contribution in [-0.4, -0.2) is 39.7 Å². The summed E-state index contributed by atoms with van der Waals surface area (Å²) in [5.41, 5.74) is 1.26. The summed E-state index contributed by atoms with van der Waals surface area (Å²) in [6.45, 7) is 0.597. The third kappa shape index (κ3) is 3.23. The number of nitrogens with zero attached hydrogens (tertiary/aromatic N) is 3. The number of hydrogen-bond donors (Lipinski definition) is 1. The maximum absolute atomic E-state index is 12.9. The normalized spacial score (nSPS) is 16.5. The lowest BCUT2D eigenvalue weighted by molar-refractivity contribution is 0.0709. The molecule has 2 heterocycles. The fourth-order valence-electron chi connectivity index (χ4n) is 3.33. The van der Waals surface area contributed by atoms with Gasteiger partial charge in [-0.25, -0.2) is 0 Å². The van der Waals surface area contributed by atoms with E-state index in [0.29, 0.717) is 29.6 Å². The molecule has 0 radical (unpaired) electrons. The highest BCUT2D eigenvalue weighted by Crippen LogP contribution is 2.34. The van der Waals surface area contributed by atoms with E-state index in [-0.39, 0.29) is 17.7 Å². The highest BCUT2D eigenvalue weighted by atomic mass is 16.5. The first-order valence-electron chi connectivity index (χ1n) is 8.74. The first kappa shape index (κ1) is 17.1. The number of likely N-dealkylation sites (tertiary alicyclic amines) is 1. The summed E-state index contributed by atoms with van der Waals surface area (Å²) >= 11 is 0. The molecule has 7 nitrogen and oxygen atoms in total. The van der Waals surface area contributed by atoms with E-state index in [1.165, 1.54) is 13.2 Å². The van der Waals surface area contributed by atoms with E-state index in [2.05, 4.69) is 10.1 Å². The molecule has 1 saturated heterocycles. The number of rotatable bonds is 4. The molecule has 27 heavy (non-hydrogen) atoms. The smallest absolute Gasteiger partial charge is 0.254 e. The Morgan fingerprint density at radius 3 is 2.81 bits per heavy atom. The molecule has 1 amide bonds. The fourth-order valence-corrected chi connectivity index (χ4v) is 3.33. The third-order valence-corrected chi connectivity index (χ3v) is 4.70. The minimum absolute atomic E-state index is 0.0664. The van der Waals surface area contributed by atoms with Gasteiger partial charge in [0.2, 0.25) is 11.7 Å². The van der Waals surface area contributed by atoms with Crippen LogP contribution in [0.3, 0.4) is 0 Å². The van der Waals surface area contributed by atoms with E-state index in [1.54, 1.807) is 17.0 Å². The Morgan fingerprint density at radius 1 is 1.26 bits per heavy atom. The molecule has 1 fully saturated rings. The molecular formula is C20H19N3O4. The molecule has 0 unspecified atom stereocenters. The Morgan fingerprint density at radius 2 is 2.07 bits per heavy atom. The van der Waals surface area contributed by atoms with Gasteiger partial charge in [-0.15, -0.1) is 0 Å². The topological polar surface area (TPSA) is 88.7 Å². The van der Waals surface area contributed by atoms with Crippen molar-refractivity contribution in [2.24, 2.45) is 0 Å². The molecule has 1 aliphatic rings. The molecular weight excluding hydrogens is 346 g/mol. The van der Waals surface area contributed by atoms with E-state index >= 15 is 0 Å². The molecule has 2 aromatic carbocycles. The second-order valence-corrected chi connectivity index (χ2v) is 6.37. The Hall–Kier alpha value is -3.35. The van der Waals surface area contributed by atoms with Crippen LogP contribution in [0.5, 0.6) is 11.5 Å². The van der Waals surface area contributed by atoms with Crippen molar-refractivity contribution in [2.75, 3.05) is 13.7 Å². The van der Waals surface area contributed by atoms with Crippen LogP contribution in [-0.2, 0) is 0 Å². The summed E-state index contributed by atoms with van der Waals surface area (Å²) in [5, 5.41) is 14.0. The van der Waals surface area contributed by atoms with Gasteiger partial charge >= 0.3 is 0 Å². The van der Waals surface area contributed by atoms with Gasteiger partial charge in [0.05, 0.1) is 7.11 Å². The van der Waals surface area contributed by atoms with Gasteiger partial charge in [0.25, 0.3) is 5.91 Å². The van der Waals surface area contributed by atoms with Gasteiger partial charge in [-0.05, 0) is 31.0 Å². The molecule has 4 rings (SSSR count). The van der Waals surface area contributed by atoms with Gasteiger partial charge in [0, 0.05) is 17.7 Å². The minimum atomic E-state index is -0.272. The molecule has 0 spiro atoms. The van der Waals surface area contributed by atoms with Crippen molar-refractivity contribution in [3.05, 3.63) is 60.0 Å². The molecule has 138 valence electrons. The van der Waals surface area contributed by atoms with Crippen molar-refractivity contribution in [3.63, 3.8) is 0 Å². The lowest BCUT2D eigenvalue weighted by Gasteiger charge is -2.22. The van der Waals surface area contributed by atoms with Gasteiger partial charge in [0.1, 0.15) is 6.04 Å². The zero-order valence-electron chi connectivity index (χ0n) is 14.8. The number of benzene rings is 2. The summed E-state index contributed by atoms with van der Waals surface area (Å²) in [4.78, 5) is 19.1. The lowest BCUT2D eigenvalue weighted by atomic mass is 10.1. The van der Waals surface area contributed by atoms with Crippen LogP contribution in [0.4, 0.5) is 0 Å². The summed E-state index contributed by atoms with van der Waals surface area (Å²) in [7, 11) is 1.47. The molecule has 0 bridgehead atoms. The van der Waals surface area contributed by atoms with Gasteiger partial charge in [-0.1, -0.05) is 35.5 Å². The predicted molar refractivity (Wildman–Crippen MR) is 97.4 cm³/mol. The Kier molecular flexibility index (Phi) is 4.50. The number of ether oxygens (including phenoxy) is 1. The Labute approximate surface area is 156 Å². The van der Waals surface area contributed by atoms with Gasteiger partial charge < -0.3 is 19.3 Å². The largest absolute Gasteiger partial charge is 0.504 e. The van der Waals surface area contributed by atoms with E-state index in [9.17, 15) is 9.90 Å². The highest BCUT2D eigenvalue weighted by Gasteiger charge is 2.34. The van der Waals surface area contributed by atoms with Gasteiger partial charge in [-0.3, -0.25) is 4.79 Å². The molecule has 1 aromatic heterocycles. The number of carbonyl (C=O) groups excluding carboxylic acids is 1. The van der Waals surface area contributed by atoms with Crippen molar-refractivity contribution >= 4 is 5.91 Å². The maximum Gasteiger partial charge on any atom is 0.254 e. The number of amides is 1. The second kappa shape index (κ2) is 7.11. The van der Waals surface area contributed by atoms with Gasteiger partial charge in [-0.2, -0.15) is 4.98 Å². The SMILES string of the molecule is COc1ccc(C(=O)N2CCC[C@@H]2c2nc(-c3ccccc3)no2)cc1O. The minimum Gasteiger partial charge on any atom is -0.504 e. The average molecular weight is 365 g/mol. The number of phenolic OH excluding ortho intramolecular Hbond substituents is 1. The summed E-state index contributed by atoms with van der Waals surface area (Å²) in [5.74, 6) is 1.01. The third-order valence-electron chi connectivity index (χ3n) is 4.70. The zero-order chi connectivity index (χ0) is 18.8. The monoisotopic (exact) mass is 365 g/mol. The van der Waals surface area contributed by atoms with Crippen LogP contribution in [0.25, 0.3) is 11.4 Å². The molecule has 7 heteroatoms. The van der Waals surface area contributed by atoms with Crippen LogP contribution in [0, 0.1) is 0 Å². The van der Waals surface area contributed by atoms with Crippen LogP contribution >= 0.6 is 0 Å². The molecule has 1 aliphatic heterocycles. The zero-order valence-corrected chi connectivity index (χ0v) is 14.8. The summed E-state index contributed by atoms with van der Waals surface area (Å²) < 4.78 is 10.5. The number of aromatic hydroxyl groups is 1. The van der Waals surface area contributed by atoms with Crippen LogP contribution < -0.4 is 4.74 Å². The van der Waals surface area contributed by atoms with Crippen molar-refractivity contribution in [1.82, 2.24) is 15.0 Å². The van der Waals surface area contributed by atoms with Crippen molar-refractivity contribution in [2.45, 2.75) is 18.9 Å². The van der Waals surface area contributed by atoms with Crippen molar-refractivity contribution < 1.29 is 19.2 Å². The molecule has 0 saturated carbocycles. The highest BCUT2D eigenvalue weighted by molar-refractivity contribution is 5.95. The van der Waals surface area contributed by atoms with E-state index < -0.39 is 0 Å².